The van der Waals surface area contributed by atoms with Crippen LogP contribution < -0.4 is 10.1 Å². The van der Waals surface area contributed by atoms with Crippen molar-refractivity contribution in [3.05, 3.63) is 59.7 Å². The highest BCUT2D eigenvalue weighted by Crippen LogP contribution is 2.50. The van der Waals surface area contributed by atoms with Crippen molar-refractivity contribution in [2.24, 2.45) is 0 Å². The first-order valence-corrected chi connectivity index (χ1v) is 9.04. The molecule has 24 heavy (non-hydrogen) atoms. The molecular formula is C18H17NO4S. The minimum atomic E-state index is -4.24. The van der Waals surface area contributed by atoms with Crippen LogP contribution in [-0.2, 0) is 15.5 Å². The maximum absolute atomic E-state index is 11.3. The molecule has 2 aliphatic rings. The lowest BCUT2D eigenvalue weighted by Crippen LogP contribution is -2.53. The van der Waals surface area contributed by atoms with Gasteiger partial charge in [-0.05, 0) is 55.8 Å². The molecule has 124 valence electrons. The van der Waals surface area contributed by atoms with Crippen LogP contribution in [0.25, 0.3) is 6.08 Å². The monoisotopic (exact) mass is 343 g/mol. The molecule has 0 amide bonds. The first kappa shape index (κ1) is 15.2. The molecule has 0 radical (unpaired) electrons. The maximum Gasteiger partial charge on any atom is 0.294 e. The van der Waals surface area contributed by atoms with Crippen LogP contribution in [0.2, 0.25) is 0 Å². The van der Waals surface area contributed by atoms with Gasteiger partial charge in [0.25, 0.3) is 10.1 Å². The van der Waals surface area contributed by atoms with E-state index in [4.69, 9.17) is 4.74 Å². The molecule has 0 saturated heterocycles. The Labute approximate surface area is 140 Å². The zero-order valence-electron chi connectivity index (χ0n) is 13.3. The quantitative estimate of drug-likeness (QED) is 0.776. The summed E-state index contributed by atoms with van der Waals surface area (Å²) in [6, 6.07) is 12.4. The Morgan fingerprint density at radius 1 is 1.12 bits per heavy atom. The third-order valence-corrected chi connectivity index (χ3v) is 5.75. The summed E-state index contributed by atoms with van der Waals surface area (Å²) in [5.41, 5.74) is 1.73. The molecule has 1 spiro atoms. The lowest BCUT2D eigenvalue weighted by Gasteiger charge is -2.41. The van der Waals surface area contributed by atoms with Crippen molar-refractivity contribution in [3.8, 4) is 5.75 Å². The van der Waals surface area contributed by atoms with Crippen molar-refractivity contribution >= 4 is 21.9 Å². The Morgan fingerprint density at radius 3 is 2.58 bits per heavy atom. The van der Waals surface area contributed by atoms with Gasteiger partial charge in [-0.3, -0.25) is 4.55 Å². The van der Waals surface area contributed by atoms with Crippen molar-refractivity contribution in [1.82, 2.24) is 0 Å². The SMILES string of the molecule is CC1(C)c2ccccc2NC12C=Cc1cc(S(=O)(=O)O)ccc1O2. The predicted molar refractivity (Wildman–Crippen MR) is 91.7 cm³/mol. The summed E-state index contributed by atoms with van der Waals surface area (Å²) in [5, 5.41) is 3.45. The van der Waals surface area contributed by atoms with E-state index >= 15 is 0 Å². The molecule has 0 fully saturated rings. The van der Waals surface area contributed by atoms with Gasteiger partial charge in [-0.2, -0.15) is 8.42 Å². The standard InChI is InChI=1S/C18H17NO4S/c1-17(2)14-5-3-4-6-15(14)19-18(17)10-9-12-11-13(24(20,21)22)7-8-16(12)23-18/h3-11,19H,1-2H3,(H,20,21,22). The van der Waals surface area contributed by atoms with Gasteiger partial charge < -0.3 is 10.1 Å². The fourth-order valence-electron chi connectivity index (χ4n) is 3.42. The summed E-state index contributed by atoms with van der Waals surface area (Å²) in [5.74, 6) is 0.568. The van der Waals surface area contributed by atoms with Gasteiger partial charge in [0.1, 0.15) is 5.75 Å². The van der Waals surface area contributed by atoms with Gasteiger partial charge >= 0.3 is 0 Å². The molecule has 2 heterocycles. The second kappa shape index (κ2) is 4.62. The Morgan fingerprint density at radius 2 is 1.88 bits per heavy atom. The van der Waals surface area contributed by atoms with Gasteiger partial charge in [-0.25, -0.2) is 0 Å². The van der Waals surface area contributed by atoms with Gasteiger partial charge in [0, 0.05) is 11.3 Å². The van der Waals surface area contributed by atoms with Crippen LogP contribution in [0.3, 0.4) is 0 Å². The molecule has 1 atom stereocenters. The van der Waals surface area contributed by atoms with E-state index in [2.05, 4.69) is 25.2 Å². The van der Waals surface area contributed by atoms with E-state index in [1.54, 1.807) is 6.07 Å². The zero-order chi connectivity index (χ0) is 17.2. The second-order valence-electron chi connectivity index (χ2n) is 6.64. The topological polar surface area (TPSA) is 75.6 Å². The smallest absolute Gasteiger partial charge is 0.294 e. The summed E-state index contributed by atoms with van der Waals surface area (Å²) >= 11 is 0. The third-order valence-electron chi connectivity index (χ3n) is 4.90. The number of benzene rings is 2. The third kappa shape index (κ3) is 2.00. The average Bonchev–Trinajstić information content (AvgIpc) is 2.74. The Balaban J connectivity index is 1.80. The summed E-state index contributed by atoms with van der Waals surface area (Å²) in [7, 11) is -4.24. The van der Waals surface area contributed by atoms with Crippen LogP contribution in [-0.4, -0.2) is 18.7 Å². The van der Waals surface area contributed by atoms with Crippen molar-refractivity contribution in [3.63, 3.8) is 0 Å². The van der Waals surface area contributed by atoms with Gasteiger partial charge in [0.15, 0.2) is 0 Å². The van der Waals surface area contributed by atoms with Crippen LogP contribution in [0.1, 0.15) is 25.0 Å². The van der Waals surface area contributed by atoms with Crippen molar-refractivity contribution in [2.75, 3.05) is 5.32 Å². The van der Waals surface area contributed by atoms with Crippen molar-refractivity contribution in [2.45, 2.75) is 29.9 Å². The molecule has 0 aromatic heterocycles. The predicted octanol–water partition coefficient (Wildman–Crippen LogP) is 3.44. The number of nitrogens with one attached hydrogen (secondary N) is 1. The lowest BCUT2D eigenvalue weighted by molar-refractivity contribution is 0.0823. The highest BCUT2D eigenvalue weighted by Gasteiger charge is 2.54. The lowest BCUT2D eigenvalue weighted by atomic mass is 9.76. The molecule has 0 saturated carbocycles. The number of ether oxygens (including phenoxy) is 1. The molecule has 2 N–H and O–H groups in total. The highest BCUT2D eigenvalue weighted by atomic mass is 32.2. The zero-order valence-corrected chi connectivity index (χ0v) is 14.1. The minimum Gasteiger partial charge on any atom is -0.463 e. The van der Waals surface area contributed by atoms with Gasteiger partial charge in [0.2, 0.25) is 5.72 Å². The number of anilines is 1. The van der Waals surface area contributed by atoms with E-state index in [1.165, 1.54) is 12.1 Å². The molecule has 2 aromatic rings. The first-order chi connectivity index (χ1) is 11.2. The number of fused-ring (bicyclic) bond motifs is 2. The van der Waals surface area contributed by atoms with E-state index in [1.807, 2.05) is 30.4 Å². The summed E-state index contributed by atoms with van der Waals surface area (Å²) in [4.78, 5) is -0.146. The van der Waals surface area contributed by atoms with E-state index < -0.39 is 15.8 Å². The van der Waals surface area contributed by atoms with Gasteiger partial charge in [-0.15, -0.1) is 0 Å². The van der Waals surface area contributed by atoms with Crippen molar-refractivity contribution < 1.29 is 17.7 Å². The average molecular weight is 343 g/mol. The number of para-hydroxylation sites is 1. The Bertz CT molecular complexity index is 978. The summed E-state index contributed by atoms with van der Waals surface area (Å²) in [6.07, 6.45) is 3.73. The van der Waals surface area contributed by atoms with Crippen LogP contribution >= 0.6 is 0 Å². The van der Waals surface area contributed by atoms with E-state index in [0.717, 1.165) is 11.3 Å². The van der Waals surface area contributed by atoms with E-state index in [0.29, 0.717) is 11.3 Å². The summed E-state index contributed by atoms with van der Waals surface area (Å²) < 4.78 is 38.1. The number of hydrogen-bond acceptors (Lipinski definition) is 4. The van der Waals surface area contributed by atoms with Gasteiger partial charge in [0.05, 0.1) is 10.3 Å². The minimum absolute atomic E-state index is 0.146. The fourth-order valence-corrected chi connectivity index (χ4v) is 3.94. The maximum atomic E-state index is 11.3. The molecule has 2 aliphatic heterocycles. The molecule has 1 unspecified atom stereocenters. The molecular weight excluding hydrogens is 326 g/mol. The van der Waals surface area contributed by atoms with Crippen LogP contribution in [0.15, 0.2) is 53.4 Å². The molecule has 0 bridgehead atoms. The van der Waals surface area contributed by atoms with Crippen LogP contribution in [0.4, 0.5) is 5.69 Å². The Hall–Kier alpha value is -2.31. The fraction of sp³-hybridized carbons (Fsp3) is 0.222. The normalized spacial score (nSPS) is 23.3. The summed E-state index contributed by atoms with van der Waals surface area (Å²) in [6.45, 7) is 4.21. The van der Waals surface area contributed by atoms with Crippen molar-refractivity contribution in [1.29, 1.82) is 0 Å². The van der Waals surface area contributed by atoms with Gasteiger partial charge in [-0.1, -0.05) is 18.2 Å². The number of hydrogen-bond donors (Lipinski definition) is 2. The first-order valence-electron chi connectivity index (χ1n) is 7.60. The van der Waals surface area contributed by atoms with E-state index in [-0.39, 0.29) is 10.3 Å². The molecule has 2 aromatic carbocycles. The largest absolute Gasteiger partial charge is 0.463 e. The van der Waals surface area contributed by atoms with Crippen LogP contribution in [0.5, 0.6) is 5.75 Å². The van der Waals surface area contributed by atoms with E-state index in [9.17, 15) is 13.0 Å². The highest BCUT2D eigenvalue weighted by molar-refractivity contribution is 7.85. The Kier molecular flexibility index (Phi) is 2.93. The second-order valence-corrected chi connectivity index (χ2v) is 8.06. The molecule has 5 nitrogen and oxygen atoms in total. The molecule has 4 rings (SSSR count). The van der Waals surface area contributed by atoms with Crippen LogP contribution in [0, 0.1) is 0 Å². The molecule has 6 heteroatoms. The molecule has 0 aliphatic carbocycles. The number of rotatable bonds is 1.